The van der Waals surface area contributed by atoms with Crippen LogP contribution in [0, 0.1) is 5.82 Å². The maximum Gasteiger partial charge on any atom is 0.265 e. The molecule has 1 aromatic rings. The Hall–Kier alpha value is -1.86. The van der Waals surface area contributed by atoms with Crippen LogP contribution in [0.25, 0.3) is 0 Å². The number of carbonyl (C=O) groups is 1. The van der Waals surface area contributed by atoms with Crippen LogP contribution in [-0.2, 0) is 14.3 Å². The number of anilines is 1. The van der Waals surface area contributed by atoms with Gasteiger partial charge in [0, 0.05) is 25.2 Å². The molecule has 6 nitrogen and oxygen atoms in total. The van der Waals surface area contributed by atoms with E-state index in [9.17, 15) is 14.3 Å². The summed E-state index contributed by atoms with van der Waals surface area (Å²) < 4.78 is 29.8. The minimum atomic E-state index is -0.791. The average Bonchev–Trinajstić information content (AvgIpc) is 2.51. The van der Waals surface area contributed by atoms with Gasteiger partial charge in [0.2, 0.25) is 0 Å². The number of aromatic hydroxyl groups is 1. The van der Waals surface area contributed by atoms with Crippen LogP contribution in [0.1, 0.15) is 25.7 Å². The Morgan fingerprint density at radius 3 is 3.05 bits per heavy atom. The zero-order chi connectivity index (χ0) is 15.5. The lowest BCUT2D eigenvalue weighted by Gasteiger charge is -2.27. The van der Waals surface area contributed by atoms with Crippen LogP contribution in [0.2, 0.25) is 0 Å². The van der Waals surface area contributed by atoms with Crippen molar-refractivity contribution in [1.82, 2.24) is 0 Å². The fourth-order valence-electron chi connectivity index (χ4n) is 2.50. The zero-order valence-corrected chi connectivity index (χ0v) is 12.0. The number of benzene rings is 1. The first-order chi connectivity index (χ1) is 10.6. The summed E-state index contributed by atoms with van der Waals surface area (Å²) in [6, 6.07) is 2.19. The molecule has 1 saturated heterocycles. The summed E-state index contributed by atoms with van der Waals surface area (Å²) in [6.45, 7) is 1.01. The van der Waals surface area contributed by atoms with Crippen molar-refractivity contribution in [2.45, 2.75) is 38.1 Å². The second-order valence-electron chi connectivity index (χ2n) is 5.35. The molecule has 2 atom stereocenters. The third-order valence-electron chi connectivity index (χ3n) is 3.69. The zero-order valence-electron chi connectivity index (χ0n) is 12.0. The number of amides is 1. The van der Waals surface area contributed by atoms with Gasteiger partial charge in [-0.15, -0.1) is 0 Å². The van der Waals surface area contributed by atoms with Crippen molar-refractivity contribution in [1.29, 1.82) is 0 Å². The molecule has 0 aromatic heterocycles. The number of phenolic OH excluding ortho intramolecular Hbond substituents is 1. The van der Waals surface area contributed by atoms with Crippen LogP contribution in [0.4, 0.5) is 10.1 Å². The number of hydrogen-bond donors (Lipinski definition) is 2. The third-order valence-corrected chi connectivity index (χ3v) is 3.69. The molecule has 0 saturated carbocycles. The van der Waals surface area contributed by atoms with Crippen LogP contribution in [0.15, 0.2) is 12.1 Å². The monoisotopic (exact) mass is 311 g/mol. The SMILES string of the molecule is O=C1Nc2cc(O)c(F)cc2OC1CCOC1CCCCO1. The molecule has 2 aliphatic heterocycles. The molecule has 0 radical (unpaired) electrons. The van der Waals surface area contributed by atoms with Crippen molar-refractivity contribution in [3.8, 4) is 11.5 Å². The van der Waals surface area contributed by atoms with Crippen LogP contribution < -0.4 is 10.1 Å². The van der Waals surface area contributed by atoms with Crippen LogP contribution in [0.3, 0.4) is 0 Å². The van der Waals surface area contributed by atoms with Gasteiger partial charge >= 0.3 is 0 Å². The summed E-state index contributed by atoms with van der Waals surface area (Å²) in [4.78, 5) is 11.9. The molecule has 3 rings (SSSR count). The van der Waals surface area contributed by atoms with E-state index < -0.39 is 17.7 Å². The Morgan fingerprint density at radius 1 is 1.41 bits per heavy atom. The van der Waals surface area contributed by atoms with Crippen molar-refractivity contribution >= 4 is 11.6 Å². The lowest BCUT2D eigenvalue weighted by molar-refractivity contribution is -0.166. The Labute approximate surface area is 127 Å². The van der Waals surface area contributed by atoms with Gasteiger partial charge in [-0.2, -0.15) is 0 Å². The van der Waals surface area contributed by atoms with Gasteiger partial charge in [-0.25, -0.2) is 4.39 Å². The Kier molecular flexibility index (Phi) is 4.44. The molecule has 2 heterocycles. The van der Waals surface area contributed by atoms with Gasteiger partial charge in [0.25, 0.3) is 5.91 Å². The van der Waals surface area contributed by atoms with E-state index in [1.807, 2.05) is 0 Å². The first kappa shape index (κ1) is 15.1. The van der Waals surface area contributed by atoms with Gasteiger partial charge in [0.1, 0.15) is 5.75 Å². The van der Waals surface area contributed by atoms with E-state index in [1.54, 1.807) is 0 Å². The standard InChI is InChI=1S/C15H18FNO5/c16-9-7-13-10(8-11(9)18)17-15(19)12(22-13)4-6-21-14-3-1-2-5-20-14/h7-8,12,14,18H,1-6H2,(H,17,19). The number of nitrogens with one attached hydrogen (secondary N) is 1. The fraction of sp³-hybridized carbons (Fsp3) is 0.533. The Morgan fingerprint density at radius 2 is 2.27 bits per heavy atom. The van der Waals surface area contributed by atoms with E-state index >= 15 is 0 Å². The van der Waals surface area contributed by atoms with Crippen LogP contribution in [-0.4, -0.2) is 36.6 Å². The Bertz CT molecular complexity index is 559. The summed E-state index contributed by atoms with van der Waals surface area (Å²) in [5, 5.41) is 11.9. The highest BCUT2D eigenvalue weighted by Gasteiger charge is 2.29. The number of halogens is 1. The van der Waals surface area contributed by atoms with E-state index in [0.29, 0.717) is 19.6 Å². The van der Waals surface area contributed by atoms with Gasteiger partial charge in [0.05, 0.1) is 12.3 Å². The molecule has 1 fully saturated rings. The molecule has 7 heteroatoms. The van der Waals surface area contributed by atoms with Gasteiger partial charge in [-0.3, -0.25) is 4.79 Å². The number of phenols is 1. The highest BCUT2D eigenvalue weighted by atomic mass is 19.1. The Balaban J connectivity index is 1.56. The summed E-state index contributed by atoms with van der Waals surface area (Å²) in [7, 11) is 0. The molecule has 1 amide bonds. The van der Waals surface area contributed by atoms with Crippen LogP contribution in [0.5, 0.6) is 11.5 Å². The molecule has 0 aliphatic carbocycles. The van der Waals surface area contributed by atoms with E-state index in [1.165, 1.54) is 0 Å². The highest BCUT2D eigenvalue weighted by molar-refractivity contribution is 5.97. The summed E-state index contributed by atoms with van der Waals surface area (Å²) in [5.74, 6) is -1.46. The van der Waals surface area contributed by atoms with Gasteiger partial charge in [-0.05, 0) is 19.3 Å². The molecule has 1 aromatic carbocycles. The lowest BCUT2D eigenvalue weighted by Crippen LogP contribution is -2.38. The van der Waals surface area contributed by atoms with Crippen molar-refractivity contribution in [3.63, 3.8) is 0 Å². The molecule has 2 unspecified atom stereocenters. The topological polar surface area (TPSA) is 77.0 Å². The molecule has 0 bridgehead atoms. The van der Waals surface area contributed by atoms with Crippen molar-refractivity contribution in [2.75, 3.05) is 18.5 Å². The van der Waals surface area contributed by atoms with Crippen molar-refractivity contribution in [3.05, 3.63) is 17.9 Å². The van der Waals surface area contributed by atoms with Gasteiger partial charge in [-0.1, -0.05) is 0 Å². The smallest absolute Gasteiger partial charge is 0.265 e. The molecular weight excluding hydrogens is 293 g/mol. The van der Waals surface area contributed by atoms with Crippen molar-refractivity contribution < 1.29 is 28.5 Å². The van der Waals surface area contributed by atoms with Crippen LogP contribution >= 0.6 is 0 Å². The second kappa shape index (κ2) is 6.50. The number of rotatable bonds is 4. The molecular formula is C15H18FNO5. The minimum absolute atomic E-state index is 0.203. The number of fused-ring (bicyclic) bond motifs is 1. The summed E-state index contributed by atoms with van der Waals surface area (Å²) >= 11 is 0. The van der Waals surface area contributed by atoms with E-state index in [-0.39, 0.29) is 23.6 Å². The number of hydrogen-bond acceptors (Lipinski definition) is 5. The molecule has 2 aliphatic rings. The summed E-state index contributed by atoms with van der Waals surface area (Å²) in [5.41, 5.74) is 0.261. The van der Waals surface area contributed by atoms with E-state index in [4.69, 9.17) is 14.2 Å². The maximum absolute atomic E-state index is 13.3. The first-order valence-electron chi connectivity index (χ1n) is 7.37. The molecule has 22 heavy (non-hydrogen) atoms. The summed E-state index contributed by atoms with van der Waals surface area (Å²) in [6.07, 6.45) is 2.34. The average molecular weight is 311 g/mol. The van der Waals surface area contributed by atoms with Gasteiger partial charge < -0.3 is 24.6 Å². The normalized spacial score (nSPS) is 24.3. The quantitative estimate of drug-likeness (QED) is 0.891. The predicted molar refractivity (Wildman–Crippen MR) is 75.3 cm³/mol. The maximum atomic E-state index is 13.3. The highest BCUT2D eigenvalue weighted by Crippen LogP contribution is 2.35. The largest absolute Gasteiger partial charge is 0.505 e. The molecule has 2 N–H and O–H groups in total. The third kappa shape index (κ3) is 3.31. The number of ether oxygens (including phenoxy) is 3. The first-order valence-corrected chi connectivity index (χ1v) is 7.37. The minimum Gasteiger partial charge on any atom is -0.505 e. The number of carbonyl (C=O) groups excluding carboxylic acids is 1. The predicted octanol–water partition coefficient (Wildman–Crippen LogP) is 2.16. The fourth-order valence-corrected chi connectivity index (χ4v) is 2.50. The second-order valence-corrected chi connectivity index (χ2v) is 5.35. The molecule has 0 spiro atoms. The molecule has 120 valence electrons. The van der Waals surface area contributed by atoms with Crippen molar-refractivity contribution in [2.24, 2.45) is 0 Å². The van der Waals surface area contributed by atoms with Gasteiger partial charge in [0.15, 0.2) is 24.0 Å². The lowest BCUT2D eigenvalue weighted by atomic mass is 10.1. The van der Waals surface area contributed by atoms with E-state index in [0.717, 1.165) is 31.4 Å². The van der Waals surface area contributed by atoms with E-state index in [2.05, 4.69) is 5.32 Å².